The van der Waals surface area contributed by atoms with Crippen LogP contribution in [0.3, 0.4) is 0 Å². The van der Waals surface area contributed by atoms with Gasteiger partial charge in [-0.25, -0.2) is 14.2 Å². The van der Waals surface area contributed by atoms with Crippen LogP contribution in [0.4, 0.5) is 26.4 Å². The number of nitrogens with one attached hydrogen (secondary N) is 2. The molecule has 0 fully saturated rings. The summed E-state index contributed by atoms with van der Waals surface area (Å²) in [6.07, 6.45) is 3.35. The highest BCUT2D eigenvalue weighted by Crippen LogP contribution is 2.30. The summed E-state index contributed by atoms with van der Waals surface area (Å²) in [6, 6.07) is 12.4. The Hall–Kier alpha value is -3.94. The van der Waals surface area contributed by atoms with Crippen molar-refractivity contribution >= 4 is 28.9 Å². The zero-order valence-corrected chi connectivity index (χ0v) is 15.0. The normalized spacial score (nSPS) is 10.8. The van der Waals surface area contributed by atoms with Crippen LogP contribution in [0.2, 0.25) is 0 Å². The number of nitrogens with two attached hydrogens (primary N) is 1. The second-order valence-electron chi connectivity index (χ2n) is 6.27. The minimum absolute atomic E-state index is 0.362. The maximum absolute atomic E-state index is 12.9. The number of nitrogens with zero attached hydrogens (tertiary/aromatic N) is 3. The molecule has 7 nitrogen and oxygen atoms in total. The Balaban J connectivity index is 1.54. The van der Waals surface area contributed by atoms with E-state index in [0.717, 1.165) is 16.7 Å². The molecule has 4 rings (SSSR count). The lowest BCUT2D eigenvalue weighted by atomic mass is 10.0. The van der Waals surface area contributed by atoms with E-state index in [9.17, 15) is 9.18 Å². The third kappa shape index (κ3) is 3.35. The molecule has 0 aliphatic rings. The highest BCUT2D eigenvalue weighted by atomic mass is 19.1. The number of halogens is 1. The van der Waals surface area contributed by atoms with Crippen LogP contribution in [0.1, 0.15) is 5.56 Å². The van der Waals surface area contributed by atoms with Gasteiger partial charge in [-0.1, -0.05) is 6.07 Å². The number of carbonyl (C=O) groups excluding carboxylic acids is 1. The zero-order valence-electron chi connectivity index (χ0n) is 15.0. The lowest BCUT2D eigenvalue weighted by Gasteiger charge is -2.13. The van der Waals surface area contributed by atoms with E-state index in [1.807, 2.05) is 19.1 Å². The summed E-state index contributed by atoms with van der Waals surface area (Å²) in [5.74, 6) is 0.132. The number of aryl methyl sites for hydroxylation is 1. The van der Waals surface area contributed by atoms with E-state index in [1.165, 1.54) is 24.3 Å². The SMILES string of the molecule is Cc1cc(NC(=O)Nc2ccc(F)cc2)ccc1-c1cnc2ccnn2c1N. The number of carbonyl (C=O) groups is 1. The molecule has 2 amide bonds. The molecule has 2 aromatic heterocycles. The number of aromatic nitrogens is 3. The maximum atomic E-state index is 12.9. The molecule has 0 aliphatic heterocycles. The Kier molecular flexibility index (Phi) is 4.36. The monoisotopic (exact) mass is 376 g/mol. The molecule has 2 aromatic carbocycles. The fourth-order valence-electron chi connectivity index (χ4n) is 2.97. The second-order valence-corrected chi connectivity index (χ2v) is 6.27. The number of benzene rings is 2. The van der Waals surface area contributed by atoms with Gasteiger partial charge < -0.3 is 16.4 Å². The van der Waals surface area contributed by atoms with Gasteiger partial charge in [0.15, 0.2) is 5.65 Å². The highest BCUT2D eigenvalue weighted by Gasteiger charge is 2.12. The minimum atomic E-state index is -0.419. The lowest BCUT2D eigenvalue weighted by Crippen LogP contribution is -2.19. The molecule has 140 valence electrons. The van der Waals surface area contributed by atoms with Crippen molar-refractivity contribution in [3.05, 3.63) is 72.3 Å². The van der Waals surface area contributed by atoms with Crippen LogP contribution in [0.15, 0.2) is 60.9 Å². The van der Waals surface area contributed by atoms with Crippen molar-refractivity contribution < 1.29 is 9.18 Å². The topological polar surface area (TPSA) is 97.3 Å². The van der Waals surface area contributed by atoms with Crippen LogP contribution in [0.5, 0.6) is 0 Å². The summed E-state index contributed by atoms with van der Waals surface area (Å²) in [7, 11) is 0. The van der Waals surface area contributed by atoms with Crippen LogP contribution in [-0.2, 0) is 0 Å². The van der Waals surface area contributed by atoms with Gasteiger partial charge >= 0.3 is 6.03 Å². The predicted octanol–water partition coefficient (Wildman–Crippen LogP) is 4.07. The Labute approximate surface area is 160 Å². The Morgan fingerprint density at radius 3 is 2.50 bits per heavy atom. The first kappa shape index (κ1) is 17.5. The summed E-state index contributed by atoms with van der Waals surface area (Å²) in [5.41, 5.74) is 10.6. The third-order valence-electron chi connectivity index (χ3n) is 4.33. The summed E-state index contributed by atoms with van der Waals surface area (Å²) < 4.78 is 14.5. The molecule has 0 bridgehead atoms. The van der Waals surface area contributed by atoms with Crippen molar-refractivity contribution in [1.82, 2.24) is 14.6 Å². The number of hydrogen-bond acceptors (Lipinski definition) is 4. The van der Waals surface area contributed by atoms with Crippen LogP contribution < -0.4 is 16.4 Å². The first-order valence-electron chi connectivity index (χ1n) is 8.54. The Bertz CT molecular complexity index is 1170. The molecular formula is C20H17FN6O. The number of nitrogen functional groups attached to an aromatic ring is 1. The van der Waals surface area contributed by atoms with E-state index < -0.39 is 6.03 Å². The van der Waals surface area contributed by atoms with Crippen molar-refractivity contribution in [2.24, 2.45) is 0 Å². The second kappa shape index (κ2) is 6.99. The molecule has 4 aromatic rings. The van der Waals surface area contributed by atoms with Crippen LogP contribution in [0.25, 0.3) is 16.8 Å². The minimum Gasteiger partial charge on any atom is -0.383 e. The van der Waals surface area contributed by atoms with Crippen LogP contribution in [-0.4, -0.2) is 20.6 Å². The van der Waals surface area contributed by atoms with Gasteiger partial charge in [0.25, 0.3) is 0 Å². The average molecular weight is 376 g/mol. The van der Waals surface area contributed by atoms with E-state index >= 15 is 0 Å². The highest BCUT2D eigenvalue weighted by molar-refractivity contribution is 6.00. The Morgan fingerprint density at radius 2 is 1.75 bits per heavy atom. The van der Waals surface area contributed by atoms with Crippen molar-refractivity contribution in [3.63, 3.8) is 0 Å². The molecule has 0 radical (unpaired) electrons. The van der Waals surface area contributed by atoms with E-state index in [2.05, 4.69) is 20.7 Å². The molecule has 0 aliphatic carbocycles. The van der Waals surface area contributed by atoms with E-state index in [4.69, 9.17) is 5.73 Å². The Morgan fingerprint density at radius 1 is 1.04 bits per heavy atom. The summed E-state index contributed by atoms with van der Waals surface area (Å²) >= 11 is 0. The summed E-state index contributed by atoms with van der Waals surface area (Å²) in [6.45, 7) is 1.92. The number of fused-ring (bicyclic) bond motifs is 1. The first-order valence-corrected chi connectivity index (χ1v) is 8.54. The fraction of sp³-hybridized carbons (Fsp3) is 0.0500. The van der Waals surface area contributed by atoms with Crippen molar-refractivity contribution in [1.29, 1.82) is 0 Å². The molecule has 0 saturated carbocycles. The third-order valence-corrected chi connectivity index (χ3v) is 4.33. The fourth-order valence-corrected chi connectivity index (χ4v) is 2.97. The number of rotatable bonds is 3. The maximum Gasteiger partial charge on any atom is 0.323 e. The zero-order chi connectivity index (χ0) is 19.7. The van der Waals surface area contributed by atoms with E-state index in [0.29, 0.717) is 22.8 Å². The number of amides is 2. The smallest absolute Gasteiger partial charge is 0.323 e. The number of urea groups is 1. The van der Waals surface area contributed by atoms with Gasteiger partial charge in [0, 0.05) is 29.2 Å². The van der Waals surface area contributed by atoms with Gasteiger partial charge in [-0.3, -0.25) is 0 Å². The average Bonchev–Trinajstić information content (AvgIpc) is 3.14. The van der Waals surface area contributed by atoms with Gasteiger partial charge in [-0.05, 0) is 54.4 Å². The van der Waals surface area contributed by atoms with E-state index in [1.54, 1.807) is 29.0 Å². The molecule has 28 heavy (non-hydrogen) atoms. The molecule has 2 heterocycles. The molecule has 0 unspecified atom stereocenters. The summed E-state index contributed by atoms with van der Waals surface area (Å²) in [4.78, 5) is 16.5. The quantitative estimate of drug-likeness (QED) is 0.502. The van der Waals surface area contributed by atoms with Crippen molar-refractivity contribution in [3.8, 4) is 11.1 Å². The number of anilines is 3. The molecule has 4 N–H and O–H groups in total. The van der Waals surface area contributed by atoms with Gasteiger partial charge in [-0.15, -0.1) is 0 Å². The van der Waals surface area contributed by atoms with Crippen molar-refractivity contribution in [2.45, 2.75) is 6.92 Å². The lowest BCUT2D eigenvalue weighted by molar-refractivity contribution is 0.262. The summed E-state index contributed by atoms with van der Waals surface area (Å²) in [5, 5.41) is 9.58. The molecule has 8 heteroatoms. The number of hydrogen-bond donors (Lipinski definition) is 3. The van der Waals surface area contributed by atoms with Crippen LogP contribution in [0, 0.1) is 12.7 Å². The van der Waals surface area contributed by atoms with Crippen molar-refractivity contribution in [2.75, 3.05) is 16.4 Å². The molecular weight excluding hydrogens is 359 g/mol. The molecule has 0 saturated heterocycles. The standard InChI is InChI=1S/C20H17FN6O/c1-12-10-15(26-20(28)25-14-4-2-13(21)3-5-14)6-7-16(12)17-11-23-18-8-9-24-27(18)19(17)22/h2-11H,22H2,1H3,(H2,25,26,28). The predicted molar refractivity (Wildman–Crippen MR) is 107 cm³/mol. The van der Waals surface area contributed by atoms with Gasteiger partial charge in [0.2, 0.25) is 0 Å². The van der Waals surface area contributed by atoms with Gasteiger partial charge in [0.05, 0.1) is 6.20 Å². The van der Waals surface area contributed by atoms with Gasteiger partial charge in [0.1, 0.15) is 11.6 Å². The van der Waals surface area contributed by atoms with E-state index in [-0.39, 0.29) is 5.82 Å². The largest absolute Gasteiger partial charge is 0.383 e. The molecule has 0 spiro atoms. The molecule has 0 atom stereocenters. The first-order chi connectivity index (χ1) is 13.5. The van der Waals surface area contributed by atoms with Crippen LogP contribution >= 0.6 is 0 Å². The van der Waals surface area contributed by atoms with Gasteiger partial charge in [-0.2, -0.15) is 9.61 Å².